The molecule has 0 saturated carbocycles. The number of rotatable bonds is 4. The van der Waals surface area contributed by atoms with E-state index in [1.807, 2.05) is 24.3 Å². The molecular formula is C18H18N2O2S. The van der Waals surface area contributed by atoms with Crippen molar-refractivity contribution in [2.45, 2.75) is 31.3 Å². The van der Waals surface area contributed by atoms with E-state index < -0.39 is 0 Å². The quantitative estimate of drug-likeness (QED) is 0.707. The van der Waals surface area contributed by atoms with Gasteiger partial charge in [-0.2, -0.15) is 0 Å². The maximum absolute atomic E-state index is 6.01. The zero-order valence-corrected chi connectivity index (χ0v) is 13.7. The minimum Gasteiger partial charge on any atom is -0.424 e. The van der Waals surface area contributed by atoms with Crippen molar-refractivity contribution in [2.75, 3.05) is 6.61 Å². The van der Waals surface area contributed by atoms with E-state index in [4.69, 9.17) is 9.15 Å². The monoisotopic (exact) mass is 326 g/mol. The lowest BCUT2D eigenvalue weighted by molar-refractivity contribution is 0.0996. The molecule has 0 N–H and O–H groups in total. The summed E-state index contributed by atoms with van der Waals surface area (Å²) in [5.41, 5.74) is 1.17. The Hall–Kier alpha value is -1.98. The summed E-state index contributed by atoms with van der Waals surface area (Å²) in [4.78, 5) is 1.24. The zero-order chi connectivity index (χ0) is 15.6. The van der Waals surface area contributed by atoms with E-state index in [1.54, 1.807) is 11.3 Å². The molecule has 1 aromatic carbocycles. The minimum atomic E-state index is 0.00143. The van der Waals surface area contributed by atoms with Crippen molar-refractivity contribution >= 4 is 11.3 Å². The van der Waals surface area contributed by atoms with E-state index in [-0.39, 0.29) is 17.9 Å². The van der Waals surface area contributed by atoms with Crippen LogP contribution >= 0.6 is 11.3 Å². The summed E-state index contributed by atoms with van der Waals surface area (Å²) in [5, 5.41) is 10.7. The molecule has 3 heterocycles. The van der Waals surface area contributed by atoms with Gasteiger partial charge in [-0.1, -0.05) is 36.4 Å². The Morgan fingerprint density at radius 1 is 1.13 bits per heavy atom. The van der Waals surface area contributed by atoms with Crippen LogP contribution in [0.5, 0.6) is 0 Å². The van der Waals surface area contributed by atoms with Crippen LogP contribution < -0.4 is 0 Å². The molecule has 1 aliphatic heterocycles. The molecule has 0 aliphatic carbocycles. The smallest absolute Gasteiger partial charge is 0.224 e. The van der Waals surface area contributed by atoms with Crippen LogP contribution in [0.4, 0.5) is 0 Å². The third-order valence-corrected chi connectivity index (χ3v) is 5.39. The van der Waals surface area contributed by atoms with Crippen molar-refractivity contribution in [3.8, 4) is 0 Å². The number of hydrogen-bond donors (Lipinski definition) is 0. The van der Waals surface area contributed by atoms with Crippen molar-refractivity contribution in [2.24, 2.45) is 0 Å². The second kappa shape index (κ2) is 6.26. The van der Waals surface area contributed by atoms with Crippen LogP contribution in [-0.4, -0.2) is 16.8 Å². The van der Waals surface area contributed by atoms with Crippen molar-refractivity contribution < 1.29 is 9.15 Å². The Balaban J connectivity index is 1.58. The first-order valence-corrected chi connectivity index (χ1v) is 8.74. The van der Waals surface area contributed by atoms with Gasteiger partial charge >= 0.3 is 0 Å². The molecule has 5 heteroatoms. The summed E-state index contributed by atoms with van der Waals surface area (Å²) in [6.45, 7) is 2.82. The second-order valence-electron chi connectivity index (χ2n) is 5.81. The normalized spacial score (nSPS) is 22.3. The molecule has 23 heavy (non-hydrogen) atoms. The molecule has 3 aromatic rings. The molecule has 4 rings (SSSR count). The van der Waals surface area contributed by atoms with Crippen molar-refractivity contribution in [1.29, 1.82) is 0 Å². The van der Waals surface area contributed by atoms with Crippen molar-refractivity contribution in [3.05, 3.63) is 70.1 Å². The minimum absolute atomic E-state index is 0.00143. The maximum Gasteiger partial charge on any atom is 0.224 e. The van der Waals surface area contributed by atoms with Gasteiger partial charge in [0.05, 0.1) is 17.9 Å². The van der Waals surface area contributed by atoms with E-state index in [2.05, 4.69) is 40.7 Å². The second-order valence-corrected chi connectivity index (χ2v) is 6.79. The largest absolute Gasteiger partial charge is 0.424 e. The lowest BCUT2D eigenvalue weighted by Crippen LogP contribution is -2.06. The SMILES string of the molecule is CC(c1nnc([C@H]2CCO[C@@H]2c2ccccc2)o1)c1cccs1. The Bertz CT molecular complexity index is 754. The maximum atomic E-state index is 6.01. The average Bonchev–Trinajstić information content (AvgIpc) is 3.35. The molecule has 1 unspecified atom stereocenters. The molecule has 0 spiro atoms. The Morgan fingerprint density at radius 2 is 2.00 bits per heavy atom. The van der Waals surface area contributed by atoms with Crippen LogP contribution in [0.1, 0.15) is 53.5 Å². The van der Waals surface area contributed by atoms with Crippen LogP contribution in [0.3, 0.4) is 0 Å². The lowest BCUT2D eigenvalue weighted by Gasteiger charge is -2.15. The standard InChI is InChI=1S/C18H18N2O2S/c1-12(15-8-5-11-23-15)17-19-20-18(22-17)14-9-10-21-16(14)13-6-3-2-4-7-13/h2-8,11-12,14,16H,9-10H2,1H3/t12?,14-,16+/m0/s1. The number of benzene rings is 1. The molecule has 4 nitrogen and oxygen atoms in total. The van der Waals surface area contributed by atoms with Crippen LogP contribution in [0.15, 0.2) is 52.3 Å². The first kappa shape index (κ1) is 14.6. The topological polar surface area (TPSA) is 48.2 Å². The van der Waals surface area contributed by atoms with E-state index in [1.165, 1.54) is 10.4 Å². The van der Waals surface area contributed by atoms with Gasteiger partial charge in [0.1, 0.15) is 0 Å². The number of ether oxygens (including phenoxy) is 1. The van der Waals surface area contributed by atoms with Crippen LogP contribution in [0, 0.1) is 0 Å². The molecule has 0 radical (unpaired) electrons. The van der Waals surface area contributed by atoms with E-state index in [9.17, 15) is 0 Å². The van der Waals surface area contributed by atoms with Gasteiger partial charge in [0.2, 0.25) is 11.8 Å². The highest BCUT2D eigenvalue weighted by Gasteiger charge is 2.35. The molecular weight excluding hydrogens is 308 g/mol. The third kappa shape index (κ3) is 2.82. The number of nitrogens with zero attached hydrogens (tertiary/aromatic N) is 2. The van der Waals surface area contributed by atoms with Crippen molar-refractivity contribution in [1.82, 2.24) is 10.2 Å². The van der Waals surface area contributed by atoms with Gasteiger partial charge in [-0.15, -0.1) is 21.5 Å². The summed E-state index contributed by atoms with van der Waals surface area (Å²) in [5.74, 6) is 1.64. The van der Waals surface area contributed by atoms with Crippen LogP contribution in [-0.2, 0) is 4.74 Å². The van der Waals surface area contributed by atoms with Gasteiger partial charge in [0, 0.05) is 11.5 Å². The Morgan fingerprint density at radius 3 is 2.78 bits per heavy atom. The van der Waals surface area contributed by atoms with Crippen LogP contribution in [0.2, 0.25) is 0 Å². The number of hydrogen-bond acceptors (Lipinski definition) is 5. The van der Waals surface area contributed by atoms with Gasteiger partial charge in [-0.05, 0) is 30.4 Å². The summed E-state index contributed by atoms with van der Waals surface area (Å²) in [6.07, 6.45) is 0.913. The van der Waals surface area contributed by atoms with Gasteiger partial charge in [-0.25, -0.2) is 0 Å². The fourth-order valence-electron chi connectivity index (χ4n) is 3.04. The highest BCUT2D eigenvalue weighted by Crippen LogP contribution is 2.41. The average molecular weight is 326 g/mol. The molecule has 1 fully saturated rings. The summed E-state index contributed by atoms with van der Waals surface area (Å²) >= 11 is 1.71. The molecule has 1 aliphatic rings. The predicted molar refractivity (Wildman–Crippen MR) is 88.6 cm³/mol. The lowest BCUT2D eigenvalue weighted by atomic mass is 9.95. The molecule has 118 valence electrons. The highest BCUT2D eigenvalue weighted by molar-refractivity contribution is 7.10. The summed E-state index contributed by atoms with van der Waals surface area (Å²) in [6, 6.07) is 14.4. The summed E-state index contributed by atoms with van der Waals surface area (Å²) < 4.78 is 11.9. The number of thiophene rings is 1. The van der Waals surface area contributed by atoms with Gasteiger partial charge in [-0.3, -0.25) is 0 Å². The molecule has 3 atom stereocenters. The van der Waals surface area contributed by atoms with Gasteiger partial charge in [0.25, 0.3) is 0 Å². The van der Waals surface area contributed by atoms with E-state index >= 15 is 0 Å². The Labute approximate surface area is 139 Å². The Kier molecular flexibility index (Phi) is 3.97. The first-order valence-electron chi connectivity index (χ1n) is 7.86. The molecule has 1 saturated heterocycles. The zero-order valence-electron chi connectivity index (χ0n) is 12.9. The first-order chi connectivity index (χ1) is 11.3. The molecule has 0 amide bonds. The van der Waals surface area contributed by atoms with Crippen LogP contribution in [0.25, 0.3) is 0 Å². The van der Waals surface area contributed by atoms with Gasteiger partial charge in [0.15, 0.2) is 0 Å². The molecule has 0 bridgehead atoms. The molecule has 2 aromatic heterocycles. The fraction of sp³-hybridized carbons (Fsp3) is 0.333. The van der Waals surface area contributed by atoms with Gasteiger partial charge < -0.3 is 9.15 Å². The summed E-state index contributed by atoms with van der Waals surface area (Å²) in [7, 11) is 0. The number of aromatic nitrogens is 2. The van der Waals surface area contributed by atoms with Crippen molar-refractivity contribution in [3.63, 3.8) is 0 Å². The third-order valence-electron chi connectivity index (χ3n) is 4.33. The van der Waals surface area contributed by atoms with E-state index in [0.29, 0.717) is 11.8 Å². The highest BCUT2D eigenvalue weighted by atomic mass is 32.1. The predicted octanol–water partition coefficient (Wildman–Crippen LogP) is 4.53. The van der Waals surface area contributed by atoms with E-state index in [0.717, 1.165) is 13.0 Å². The fourth-order valence-corrected chi connectivity index (χ4v) is 3.82.